The van der Waals surface area contributed by atoms with Crippen LogP contribution in [0.3, 0.4) is 0 Å². The van der Waals surface area contributed by atoms with Crippen LogP contribution >= 0.6 is 0 Å². The van der Waals surface area contributed by atoms with E-state index in [0.717, 1.165) is 61.6 Å². The lowest BCUT2D eigenvalue weighted by atomic mass is 9.46. The minimum absolute atomic E-state index is 0.302. The van der Waals surface area contributed by atoms with Gasteiger partial charge in [0.15, 0.2) is 5.78 Å². The number of hydrogen-bond acceptors (Lipinski definition) is 2. The molecule has 4 rings (SSSR count). The first-order valence-electron chi connectivity index (χ1n) is 12.1. The van der Waals surface area contributed by atoms with E-state index < -0.39 is 0 Å². The molecule has 0 aromatic carbocycles. The summed E-state index contributed by atoms with van der Waals surface area (Å²) in [6, 6.07) is 0. The zero-order chi connectivity index (χ0) is 19.9. The second-order valence-electron chi connectivity index (χ2n) is 11.1. The monoisotopic (exact) mass is 384 g/mol. The highest BCUT2D eigenvalue weighted by Gasteiger charge is 2.59. The van der Waals surface area contributed by atoms with Crippen LogP contribution in [-0.4, -0.2) is 12.1 Å². The molecule has 7 atom stereocenters. The fourth-order valence-electron chi connectivity index (χ4n) is 8.43. The minimum Gasteiger partial charge on any atom is -0.303 e. The summed E-state index contributed by atoms with van der Waals surface area (Å²) in [5.74, 6) is 4.61. The van der Waals surface area contributed by atoms with Gasteiger partial charge < -0.3 is 4.79 Å². The van der Waals surface area contributed by atoms with E-state index in [1.54, 1.807) is 0 Å². The molecule has 3 fully saturated rings. The van der Waals surface area contributed by atoms with Gasteiger partial charge in [-0.05, 0) is 97.9 Å². The average molecular weight is 385 g/mol. The van der Waals surface area contributed by atoms with Crippen LogP contribution in [0.5, 0.6) is 0 Å². The van der Waals surface area contributed by atoms with Crippen molar-refractivity contribution in [3.8, 4) is 0 Å². The van der Waals surface area contributed by atoms with Crippen LogP contribution < -0.4 is 0 Å². The topological polar surface area (TPSA) is 34.1 Å². The number of ketones is 1. The van der Waals surface area contributed by atoms with Crippen LogP contribution in [0.1, 0.15) is 97.8 Å². The van der Waals surface area contributed by atoms with E-state index in [-0.39, 0.29) is 0 Å². The van der Waals surface area contributed by atoms with Gasteiger partial charge in [-0.15, -0.1) is 0 Å². The minimum atomic E-state index is 0.302. The van der Waals surface area contributed by atoms with Crippen molar-refractivity contribution in [3.05, 3.63) is 11.6 Å². The Labute approximate surface area is 171 Å². The predicted octanol–water partition coefficient (Wildman–Crippen LogP) is 6.53. The molecular weight excluding hydrogens is 344 g/mol. The third-order valence-corrected chi connectivity index (χ3v) is 9.95. The number of unbranched alkanes of at least 4 members (excludes halogenated alkanes) is 2. The maximum absolute atomic E-state index is 12.0. The van der Waals surface area contributed by atoms with Crippen LogP contribution in [-0.2, 0) is 9.59 Å². The fourth-order valence-corrected chi connectivity index (χ4v) is 8.43. The molecule has 28 heavy (non-hydrogen) atoms. The summed E-state index contributed by atoms with van der Waals surface area (Å²) in [5, 5.41) is 0. The number of carbonyl (C=O) groups excluding carboxylic acids is 2. The third kappa shape index (κ3) is 3.23. The largest absolute Gasteiger partial charge is 0.303 e. The number of hydrogen-bond donors (Lipinski definition) is 0. The van der Waals surface area contributed by atoms with Crippen molar-refractivity contribution in [1.82, 2.24) is 0 Å². The standard InChI is InChI=1S/C26H40O2/c1-18(7-5-4-6-16-27)22-10-11-23-21-9-8-19-17-20(28)12-14-25(19,2)24(21)13-15-26(22,23)3/h16-18,21-24H,4-15H2,1-3H3/t18-,21+,22-,23+,24+,25+,26-/m1/s1. The summed E-state index contributed by atoms with van der Waals surface area (Å²) < 4.78 is 0. The number of allylic oxidation sites excluding steroid dienone is 1. The van der Waals surface area contributed by atoms with Crippen molar-refractivity contribution in [1.29, 1.82) is 0 Å². The van der Waals surface area contributed by atoms with Gasteiger partial charge in [-0.3, -0.25) is 4.79 Å². The average Bonchev–Trinajstić information content (AvgIpc) is 3.03. The summed E-state index contributed by atoms with van der Waals surface area (Å²) in [6.07, 6.45) is 17.4. The number of fused-ring (bicyclic) bond motifs is 5. The Morgan fingerprint density at radius 3 is 2.68 bits per heavy atom. The van der Waals surface area contributed by atoms with Crippen molar-refractivity contribution in [2.45, 2.75) is 97.8 Å². The second kappa shape index (κ2) is 7.73. The van der Waals surface area contributed by atoms with Gasteiger partial charge >= 0.3 is 0 Å². The molecule has 2 heteroatoms. The van der Waals surface area contributed by atoms with Crippen LogP contribution in [0, 0.1) is 40.4 Å². The first kappa shape index (κ1) is 20.4. The molecule has 0 aromatic rings. The molecule has 156 valence electrons. The normalized spacial score (nSPS) is 43.5. The highest BCUT2D eigenvalue weighted by atomic mass is 16.1. The van der Waals surface area contributed by atoms with E-state index in [1.807, 2.05) is 6.08 Å². The molecule has 0 N–H and O–H groups in total. The van der Waals surface area contributed by atoms with E-state index in [1.165, 1.54) is 56.9 Å². The highest BCUT2D eigenvalue weighted by Crippen LogP contribution is 2.67. The Morgan fingerprint density at radius 1 is 1.07 bits per heavy atom. The van der Waals surface area contributed by atoms with E-state index in [9.17, 15) is 9.59 Å². The summed E-state index contributed by atoms with van der Waals surface area (Å²) >= 11 is 0. The van der Waals surface area contributed by atoms with E-state index in [0.29, 0.717) is 16.6 Å². The second-order valence-corrected chi connectivity index (χ2v) is 11.1. The highest BCUT2D eigenvalue weighted by molar-refractivity contribution is 5.91. The Hall–Kier alpha value is -0.920. The molecule has 3 saturated carbocycles. The molecule has 0 radical (unpaired) electrons. The first-order valence-corrected chi connectivity index (χ1v) is 12.1. The van der Waals surface area contributed by atoms with Gasteiger partial charge in [0.05, 0.1) is 0 Å². The Bertz CT molecular complexity index is 649. The molecule has 0 bridgehead atoms. The summed E-state index contributed by atoms with van der Waals surface area (Å²) in [4.78, 5) is 22.6. The van der Waals surface area contributed by atoms with Gasteiger partial charge in [-0.1, -0.05) is 39.2 Å². The van der Waals surface area contributed by atoms with E-state index >= 15 is 0 Å². The van der Waals surface area contributed by atoms with Crippen molar-refractivity contribution in [3.63, 3.8) is 0 Å². The van der Waals surface area contributed by atoms with Crippen LogP contribution in [0.4, 0.5) is 0 Å². The first-order chi connectivity index (χ1) is 13.4. The molecule has 0 aromatic heterocycles. The molecule has 0 aliphatic heterocycles. The van der Waals surface area contributed by atoms with Gasteiger partial charge in [-0.25, -0.2) is 0 Å². The maximum atomic E-state index is 12.0. The Kier molecular flexibility index (Phi) is 5.62. The summed E-state index contributed by atoms with van der Waals surface area (Å²) in [7, 11) is 0. The number of rotatable bonds is 6. The molecule has 0 amide bonds. The van der Waals surface area contributed by atoms with E-state index in [2.05, 4.69) is 20.8 Å². The molecular formula is C26H40O2. The van der Waals surface area contributed by atoms with Gasteiger partial charge in [0, 0.05) is 12.8 Å². The molecule has 0 saturated heterocycles. The molecule has 0 heterocycles. The fraction of sp³-hybridized carbons (Fsp3) is 0.846. The molecule has 2 nitrogen and oxygen atoms in total. The van der Waals surface area contributed by atoms with E-state index in [4.69, 9.17) is 0 Å². The molecule has 0 spiro atoms. The maximum Gasteiger partial charge on any atom is 0.155 e. The van der Waals surface area contributed by atoms with Crippen molar-refractivity contribution >= 4 is 12.1 Å². The van der Waals surface area contributed by atoms with Crippen molar-refractivity contribution in [2.75, 3.05) is 0 Å². The molecule has 4 aliphatic carbocycles. The van der Waals surface area contributed by atoms with Gasteiger partial charge in [0.2, 0.25) is 0 Å². The lowest BCUT2D eigenvalue weighted by Gasteiger charge is -2.58. The number of carbonyl (C=O) groups is 2. The molecule has 0 unspecified atom stereocenters. The third-order valence-electron chi connectivity index (χ3n) is 9.95. The lowest BCUT2D eigenvalue weighted by Crippen LogP contribution is -2.50. The zero-order valence-corrected chi connectivity index (χ0v) is 18.3. The predicted molar refractivity (Wildman–Crippen MR) is 114 cm³/mol. The van der Waals surface area contributed by atoms with Gasteiger partial charge in [0.1, 0.15) is 6.29 Å². The zero-order valence-electron chi connectivity index (χ0n) is 18.3. The SMILES string of the molecule is C[C@H](CCCCC=O)[C@H]1CC[C@H]2[C@@H]3CCC4=CC(=O)CC[C@]4(C)[C@H]3CC[C@]12C. The van der Waals surface area contributed by atoms with Crippen molar-refractivity contribution in [2.24, 2.45) is 40.4 Å². The quantitative estimate of drug-likeness (QED) is 0.385. The Morgan fingerprint density at radius 2 is 1.89 bits per heavy atom. The van der Waals surface area contributed by atoms with Gasteiger partial charge in [0.25, 0.3) is 0 Å². The summed E-state index contributed by atoms with van der Waals surface area (Å²) in [5.41, 5.74) is 2.32. The number of aldehydes is 1. The van der Waals surface area contributed by atoms with Crippen LogP contribution in [0.15, 0.2) is 11.6 Å². The van der Waals surface area contributed by atoms with Crippen molar-refractivity contribution < 1.29 is 9.59 Å². The van der Waals surface area contributed by atoms with Crippen LogP contribution in [0.2, 0.25) is 0 Å². The Balaban J connectivity index is 1.48. The summed E-state index contributed by atoms with van der Waals surface area (Å²) in [6.45, 7) is 7.61. The van der Waals surface area contributed by atoms with Gasteiger partial charge in [-0.2, -0.15) is 0 Å². The molecule has 4 aliphatic rings. The lowest BCUT2D eigenvalue weighted by molar-refractivity contribution is -0.117. The van der Waals surface area contributed by atoms with Crippen LogP contribution in [0.25, 0.3) is 0 Å². The smallest absolute Gasteiger partial charge is 0.155 e.